The molecule has 1 nitrogen and oxygen atoms in total. The zero-order valence-corrected chi connectivity index (χ0v) is 6.82. The molecule has 0 aromatic heterocycles. The van der Waals surface area contributed by atoms with Crippen LogP contribution in [0.2, 0.25) is 0 Å². The first kappa shape index (κ1) is 9.82. The van der Waals surface area contributed by atoms with Crippen LogP contribution < -0.4 is 0 Å². The average Bonchev–Trinajstić information content (AvgIpc) is 2.15. The minimum absolute atomic E-state index is 0.0312. The van der Waals surface area contributed by atoms with Crippen molar-refractivity contribution < 1.29 is 8.78 Å². The second kappa shape index (κ2) is 3.86. The molecule has 0 saturated carbocycles. The van der Waals surface area contributed by atoms with Gasteiger partial charge in [0.15, 0.2) is 0 Å². The quantitative estimate of drug-likeness (QED) is 0.511. The van der Waals surface area contributed by atoms with E-state index in [-0.39, 0.29) is 13.0 Å². The molecule has 0 unspecified atom stereocenters. The molecule has 1 heterocycles. The van der Waals surface area contributed by atoms with E-state index in [0.29, 0.717) is 6.54 Å². The van der Waals surface area contributed by atoms with Crippen molar-refractivity contribution in [3.63, 3.8) is 0 Å². The molecule has 10 heavy (non-hydrogen) atoms. The predicted molar refractivity (Wildman–Crippen MR) is 38.4 cm³/mol. The van der Waals surface area contributed by atoms with Gasteiger partial charge in [0.05, 0.1) is 6.54 Å². The summed E-state index contributed by atoms with van der Waals surface area (Å²) < 4.78 is 24.3. The Balaban J connectivity index is 0.000000371. The van der Waals surface area contributed by atoms with E-state index in [1.165, 1.54) is 0 Å². The van der Waals surface area contributed by atoms with E-state index in [2.05, 4.69) is 0 Å². The van der Waals surface area contributed by atoms with Crippen LogP contribution >= 0.6 is 0 Å². The second-order valence-electron chi connectivity index (χ2n) is 2.34. The van der Waals surface area contributed by atoms with E-state index >= 15 is 0 Å². The van der Waals surface area contributed by atoms with E-state index in [1.807, 2.05) is 13.8 Å². The summed E-state index contributed by atoms with van der Waals surface area (Å²) >= 11 is 0. The van der Waals surface area contributed by atoms with Gasteiger partial charge in [0.2, 0.25) is 0 Å². The van der Waals surface area contributed by atoms with Gasteiger partial charge in [0.1, 0.15) is 0 Å². The van der Waals surface area contributed by atoms with Crippen LogP contribution in [0.5, 0.6) is 0 Å². The van der Waals surface area contributed by atoms with Gasteiger partial charge in [-0.05, 0) is 7.05 Å². The topological polar surface area (TPSA) is 3.24 Å². The fourth-order valence-corrected chi connectivity index (χ4v) is 0.907. The zero-order chi connectivity index (χ0) is 8.20. The molecule has 62 valence electrons. The molecule has 0 aromatic carbocycles. The summed E-state index contributed by atoms with van der Waals surface area (Å²) in [5, 5.41) is 0. The Morgan fingerprint density at radius 2 is 1.80 bits per heavy atom. The van der Waals surface area contributed by atoms with Gasteiger partial charge in [-0.2, -0.15) is 0 Å². The number of likely N-dealkylation sites (tertiary alicyclic amines) is 1. The Morgan fingerprint density at radius 1 is 1.30 bits per heavy atom. The predicted octanol–water partition coefficient (Wildman–Crippen LogP) is 1.98. The number of hydrogen-bond donors (Lipinski definition) is 0. The van der Waals surface area contributed by atoms with Crippen LogP contribution in [0.1, 0.15) is 20.3 Å². The van der Waals surface area contributed by atoms with Gasteiger partial charge in [-0.1, -0.05) is 13.8 Å². The molecule has 0 bridgehead atoms. The van der Waals surface area contributed by atoms with E-state index in [1.54, 1.807) is 11.9 Å². The largest absolute Gasteiger partial charge is 0.300 e. The third-order valence-corrected chi connectivity index (χ3v) is 1.36. The third-order valence-electron chi connectivity index (χ3n) is 1.36. The lowest BCUT2D eigenvalue weighted by Gasteiger charge is -2.06. The molecule has 1 rings (SSSR count). The summed E-state index contributed by atoms with van der Waals surface area (Å²) in [4.78, 5) is 1.64. The molecular weight excluding hydrogens is 136 g/mol. The van der Waals surface area contributed by atoms with Crippen LogP contribution in [0.4, 0.5) is 8.78 Å². The van der Waals surface area contributed by atoms with E-state index in [9.17, 15) is 8.78 Å². The van der Waals surface area contributed by atoms with Crippen molar-refractivity contribution in [1.82, 2.24) is 4.90 Å². The first-order chi connectivity index (χ1) is 4.60. The van der Waals surface area contributed by atoms with E-state index in [4.69, 9.17) is 0 Å². The molecule has 1 aliphatic heterocycles. The number of alkyl halides is 2. The normalized spacial score (nSPS) is 23.7. The highest BCUT2D eigenvalue weighted by atomic mass is 19.3. The molecule has 0 N–H and O–H groups in total. The molecule has 0 aromatic rings. The minimum Gasteiger partial charge on any atom is -0.300 e. The SMILES string of the molecule is CC.CN1CCC(F)(F)C1. The first-order valence-electron chi connectivity index (χ1n) is 3.66. The van der Waals surface area contributed by atoms with Crippen LogP contribution in [0.25, 0.3) is 0 Å². The highest BCUT2D eigenvalue weighted by Gasteiger charge is 2.35. The molecule has 0 amide bonds. The number of hydrogen-bond acceptors (Lipinski definition) is 1. The van der Waals surface area contributed by atoms with Gasteiger partial charge in [0.25, 0.3) is 5.92 Å². The van der Waals surface area contributed by atoms with Crippen molar-refractivity contribution >= 4 is 0 Å². The fourth-order valence-electron chi connectivity index (χ4n) is 0.907. The Labute approximate surface area is 61.0 Å². The lowest BCUT2D eigenvalue weighted by atomic mass is 10.3. The molecular formula is C7H15F2N. The van der Waals surface area contributed by atoms with Gasteiger partial charge >= 0.3 is 0 Å². The van der Waals surface area contributed by atoms with Crippen molar-refractivity contribution in [2.24, 2.45) is 0 Å². The van der Waals surface area contributed by atoms with Crippen LogP contribution in [-0.4, -0.2) is 31.0 Å². The van der Waals surface area contributed by atoms with Crippen LogP contribution in [-0.2, 0) is 0 Å². The maximum absolute atomic E-state index is 12.2. The number of halogens is 2. The minimum atomic E-state index is -2.41. The third kappa shape index (κ3) is 3.11. The molecule has 3 heteroatoms. The monoisotopic (exact) mass is 151 g/mol. The Hall–Kier alpha value is -0.180. The highest BCUT2D eigenvalue weighted by Crippen LogP contribution is 2.24. The summed E-state index contributed by atoms with van der Waals surface area (Å²) in [7, 11) is 1.71. The standard InChI is InChI=1S/C5H9F2N.C2H6/c1-8-3-2-5(6,7)4-8;1-2/h2-4H2,1H3;1-2H3. The molecule has 0 radical (unpaired) electrons. The van der Waals surface area contributed by atoms with Crippen molar-refractivity contribution in [2.75, 3.05) is 20.1 Å². The molecule has 1 fully saturated rings. The molecule has 0 aliphatic carbocycles. The molecule has 0 spiro atoms. The van der Waals surface area contributed by atoms with Gasteiger partial charge in [-0.25, -0.2) is 8.78 Å². The van der Waals surface area contributed by atoms with Crippen LogP contribution in [0, 0.1) is 0 Å². The first-order valence-corrected chi connectivity index (χ1v) is 3.66. The Bertz CT molecular complexity index is 93.6. The van der Waals surface area contributed by atoms with Gasteiger partial charge in [-0.15, -0.1) is 0 Å². The van der Waals surface area contributed by atoms with Gasteiger partial charge < -0.3 is 4.90 Å². The molecule has 1 aliphatic rings. The average molecular weight is 151 g/mol. The lowest BCUT2D eigenvalue weighted by Crippen LogP contribution is -2.21. The van der Waals surface area contributed by atoms with Crippen molar-refractivity contribution in [1.29, 1.82) is 0 Å². The van der Waals surface area contributed by atoms with Crippen molar-refractivity contribution in [3.05, 3.63) is 0 Å². The molecule has 0 atom stereocenters. The summed E-state index contributed by atoms with van der Waals surface area (Å²) in [6.07, 6.45) is 0.0312. The van der Waals surface area contributed by atoms with Crippen LogP contribution in [0.3, 0.4) is 0 Å². The second-order valence-corrected chi connectivity index (χ2v) is 2.34. The lowest BCUT2D eigenvalue weighted by molar-refractivity contribution is 0.0146. The van der Waals surface area contributed by atoms with Crippen molar-refractivity contribution in [2.45, 2.75) is 26.2 Å². The smallest absolute Gasteiger partial charge is 0.261 e. The maximum Gasteiger partial charge on any atom is 0.261 e. The van der Waals surface area contributed by atoms with Gasteiger partial charge in [-0.3, -0.25) is 0 Å². The van der Waals surface area contributed by atoms with Gasteiger partial charge in [0, 0.05) is 13.0 Å². The highest BCUT2D eigenvalue weighted by molar-refractivity contribution is 4.78. The van der Waals surface area contributed by atoms with E-state index in [0.717, 1.165) is 0 Å². The van der Waals surface area contributed by atoms with E-state index < -0.39 is 5.92 Å². The summed E-state index contributed by atoms with van der Waals surface area (Å²) in [5.74, 6) is -2.41. The zero-order valence-electron chi connectivity index (χ0n) is 6.82. The fraction of sp³-hybridized carbons (Fsp3) is 1.00. The van der Waals surface area contributed by atoms with Crippen LogP contribution in [0.15, 0.2) is 0 Å². The number of nitrogens with zero attached hydrogens (tertiary/aromatic N) is 1. The molecule has 1 saturated heterocycles. The number of rotatable bonds is 0. The summed E-state index contributed by atoms with van der Waals surface area (Å²) in [6.45, 7) is 4.47. The summed E-state index contributed by atoms with van der Waals surface area (Å²) in [5.41, 5.74) is 0. The van der Waals surface area contributed by atoms with Crippen molar-refractivity contribution in [3.8, 4) is 0 Å². The Morgan fingerprint density at radius 3 is 1.90 bits per heavy atom. The summed E-state index contributed by atoms with van der Waals surface area (Å²) in [6, 6.07) is 0. The Kier molecular flexibility index (Phi) is 3.79. The maximum atomic E-state index is 12.2.